The highest BCUT2D eigenvalue weighted by Gasteiger charge is 2.29. The molecule has 0 amide bonds. The van der Waals surface area contributed by atoms with E-state index in [9.17, 15) is 18.0 Å². The number of esters is 1. The number of carbonyl (C=O) groups excluding carboxylic acids is 1. The van der Waals surface area contributed by atoms with E-state index in [0.717, 1.165) is 28.8 Å². The molecule has 3 aromatic carbocycles. The van der Waals surface area contributed by atoms with Crippen LogP contribution in [0.25, 0.3) is 22.3 Å². The van der Waals surface area contributed by atoms with Crippen LogP contribution >= 0.6 is 0 Å². The van der Waals surface area contributed by atoms with Crippen LogP contribution in [-0.4, -0.2) is 26.3 Å². The molecule has 0 spiro atoms. The van der Waals surface area contributed by atoms with Crippen LogP contribution in [0.2, 0.25) is 0 Å². The number of methoxy groups -OCH3 is 1. The first-order valence-electron chi connectivity index (χ1n) is 8.92. The zero-order chi connectivity index (χ0) is 20.9. The summed E-state index contributed by atoms with van der Waals surface area (Å²) in [6, 6.07) is 19.6. The summed E-state index contributed by atoms with van der Waals surface area (Å²) in [5.74, 6) is -0.411. The molecule has 3 nitrogen and oxygen atoms in total. The number of ether oxygens (including phenoxy) is 2. The molecule has 0 unspecified atom stereocenters. The van der Waals surface area contributed by atoms with E-state index in [1.807, 2.05) is 36.4 Å². The highest BCUT2D eigenvalue weighted by Crippen LogP contribution is 2.31. The number of alkyl halides is 3. The number of rotatable bonds is 6. The van der Waals surface area contributed by atoms with Crippen LogP contribution in [0.5, 0.6) is 0 Å². The Hall–Kier alpha value is -3.12. The summed E-state index contributed by atoms with van der Waals surface area (Å²) in [4.78, 5) is 11.9. The Balaban J connectivity index is 1.71. The first kappa shape index (κ1) is 20.6. The highest BCUT2D eigenvalue weighted by atomic mass is 19.4. The maximum Gasteiger partial charge on any atom is 0.416 e. The van der Waals surface area contributed by atoms with Gasteiger partial charge in [-0.25, -0.2) is 4.79 Å². The van der Waals surface area contributed by atoms with Gasteiger partial charge >= 0.3 is 12.1 Å². The van der Waals surface area contributed by atoms with Crippen molar-refractivity contribution >= 4 is 5.97 Å². The largest absolute Gasteiger partial charge is 0.460 e. The molecular formula is C23H19F3O3. The average Bonchev–Trinajstić information content (AvgIpc) is 2.73. The van der Waals surface area contributed by atoms with Crippen molar-refractivity contribution in [1.29, 1.82) is 0 Å². The lowest BCUT2D eigenvalue weighted by atomic mass is 9.99. The van der Waals surface area contributed by atoms with Crippen molar-refractivity contribution in [2.75, 3.05) is 20.3 Å². The van der Waals surface area contributed by atoms with Gasteiger partial charge < -0.3 is 9.47 Å². The van der Waals surface area contributed by atoms with Gasteiger partial charge in [0.1, 0.15) is 6.61 Å². The quantitative estimate of drug-likeness (QED) is 0.385. The van der Waals surface area contributed by atoms with Crippen molar-refractivity contribution in [3.8, 4) is 22.3 Å². The van der Waals surface area contributed by atoms with Crippen molar-refractivity contribution < 1.29 is 27.4 Å². The Morgan fingerprint density at radius 2 is 1.14 bits per heavy atom. The molecule has 0 N–H and O–H groups in total. The van der Waals surface area contributed by atoms with Crippen molar-refractivity contribution in [3.63, 3.8) is 0 Å². The molecule has 0 radical (unpaired) electrons. The third-order valence-corrected chi connectivity index (χ3v) is 4.41. The van der Waals surface area contributed by atoms with Gasteiger partial charge in [0.25, 0.3) is 0 Å². The third kappa shape index (κ3) is 5.23. The van der Waals surface area contributed by atoms with E-state index in [-0.39, 0.29) is 6.61 Å². The number of hydrogen-bond donors (Lipinski definition) is 0. The number of benzene rings is 3. The molecule has 0 aliphatic rings. The molecule has 0 saturated heterocycles. The summed E-state index contributed by atoms with van der Waals surface area (Å²) < 4.78 is 48.0. The first-order valence-corrected chi connectivity index (χ1v) is 8.92. The van der Waals surface area contributed by atoms with E-state index in [4.69, 9.17) is 9.47 Å². The fourth-order valence-corrected chi connectivity index (χ4v) is 2.81. The van der Waals surface area contributed by atoms with Crippen LogP contribution in [0, 0.1) is 0 Å². The van der Waals surface area contributed by atoms with E-state index in [2.05, 4.69) is 0 Å². The molecule has 150 valence electrons. The normalized spacial score (nSPS) is 11.3. The van der Waals surface area contributed by atoms with Gasteiger partial charge in [-0.15, -0.1) is 0 Å². The molecule has 0 fully saturated rings. The van der Waals surface area contributed by atoms with Crippen molar-refractivity contribution in [2.24, 2.45) is 0 Å². The zero-order valence-electron chi connectivity index (χ0n) is 15.7. The second-order valence-electron chi connectivity index (χ2n) is 6.36. The minimum Gasteiger partial charge on any atom is -0.460 e. The predicted octanol–water partition coefficient (Wildman–Crippen LogP) is 5.84. The molecule has 0 aliphatic heterocycles. The Kier molecular flexibility index (Phi) is 6.34. The van der Waals surface area contributed by atoms with Gasteiger partial charge in [0.2, 0.25) is 0 Å². The molecule has 3 rings (SSSR count). The summed E-state index contributed by atoms with van der Waals surface area (Å²) in [5, 5.41) is 0. The molecule has 29 heavy (non-hydrogen) atoms. The molecule has 0 bridgehead atoms. The van der Waals surface area contributed by atoms with Crippen LogP contribution in [0.15, 0.2) is 72.8 Å². The summed E-state index contributed by atoms with van der Waals surface area (Å²) >= 11 is 0. The number of halogens is 3. The predicted molar refractivity (Wildman–Crippen MR) is 104 cm³/mol. The molecule has 0 aliphatic carbocycles. The fourth-order valence-electron chi connectivity index (χ4n) is 2.81. The highest BCUT2D eigenvalue weighted by molar-refractivity contribution is 5.90. The molecule has 6 heteroatoms. The molecular weight excluding hydrogens is 381 g/mol. The van der Waals surface area contributed by atoms with Gasteiger partial charge in [-0.2, -0.15) is 13.2 Å². The smallest absolute Gasteiger partial charge is 0.416 e. The standard InChI is InChI=1S/C23H19F3O3/c1-28-14-15-29-22(27)20-8-6-18(7-9-20)16-2-4-17(5-3-16)19-10-12-21(13-11-19)23(24,25)26/h2-13H,14-15H2,1H3. The molecule has 0 atom stereocenters. The van der Waals surface area contributed by atoms with Crippen LogP contribution in [0.3, 0.4) is 0 Å². The maximum atomic E-state index is 12.7. The van der Waals surface area contributed by atoms with E-state index < -0.39 is 17.7 Å². The minimum absolute atomic E-state index is 0.197. The lowest BCUT2D eigenvalue weighted by Crippen LogP contribution is -2.09. The van der Waals surface area contributed by atoms with Crippen molar-refractivity contribution in [2.45, 2.75) is 6.18 Å². The zero-order valence-corrected chi connectivity index (χ0v) is 15.7. The van der Waals surface area contributed by atoms with Crippen LogP contribution in [0.1, 0.15) is 15.9 Å². The summed E-state index contributed by atoms with van der Waals surface area (Å²) in [6.07, 6.45) is -4.34. The van der Waals surface area contributed by atoms with E-state index in [1.165, 1.54) is 19.2 Å². The van der Waals surface area contributed by atoms with Gasteiger partial charge in [-0.05, 0) is 46.5 Å². The van der Waals surface area contributed by atoms with Gasteiger partial charge in [0.05, 0.1) is 17.7 Å². The van der Waals surface area contributed by atoms with Gasteiger partial charge in [-0.1, -0.05) is 48.5 Å². The number of hydrogen-bond acceptors (Lipinski definition) is 3. The van der Waals surface area contributed by atoms with Gasteiger partial charge in [0, 0.05) is 7.11 Å². The lowest BCUT2D eigenvalue weighted by Gasteiger charge is -2.09. The monoisotopic (exact) mass is 400 g/mol. The second-order valence-corrected chi connectivity index (χ2v) is 6.36. The Morgan fingerprint density at radius 1 is 0.724 bits per heavy atom. The van der Waals surface area contributed by atoms with Gasteiger partial charge in [0.15, 0.2) is 0 Å². The SMILES string of the molecule is COCCOC(=O)c1ccc(-c2ccc(-c3ccc(C(F)(F)F)cc3)cc2)cc1. The van der Waals surface area contributed by atoms with E-state index >= 15 is 0 Å². The second kappa shape index (κ2) is 8.92. The molecule has 3 aromatic rings. The lowest BCUT2D eigenvalue weighted by molar-refractivity contribution is -0.137. The molecule has 0 saturated carbocycles. The first-order chi connectivity index (χ1) is 13.9. The van der Waals surface area contributed by atoms with Crippen LogP contribution in [-0.2, 0) is 15.7 Å². The summed E-state index contributed by atoms with van der Waals surface area (Å²) in [6.45, 7) is 0.539. The van der Waals surface area contributed by atoms with E-state index in [1.54, 1.807) is 12.1 Å². The Bertz CT molecular complexity index is 945. The Labute approximate surface area is 166 Å². The van der Waals surface area contributed by atoms with Crippen molar-refractivity contribution in [1.82, 2.24) is 0 Å². The number of carbonyl (C=O) groups is 1. The molecule has 0 heterocycles. The third-order valence-electron chi connectivity index (χ3n) is 4.41. The van der Waals surface area contributed by atoms with Crippen molar-refractivity contribution in [3.05, 3.63) is 83.9 Å². The summed E-state index contributed by atoms with van der Waals surface area (Å²) in [5.41, 5.74) is 3.15. The topological polar surface area (TPSA) is 35.5 Å². The average molecular weight is 400 g/mol. The fraction of sp³-hybridized carbons (Fsp3) is 0.174. The molecule has 0 aromatic heterocycles. The minimum atomic E-state index is -4.34. The van der Waals surface area contributed by atoms with Crippen LogP contribution in [0.4, 0.5) is 13.2 Å². The van der Waals surface area contributed by atoms with Gasteiger partial charge in [-0.3, -0.25) is 0 Å². The van der Waals surface area contributed by atoms with Crippen LogP contribution < -0.4 is 0 Å². The Morgan fingerprint density at radius 3 is 1.55 bits per heavy atom. The summed E-state index contributed by atoms with van der Waals surface area (Å²) in [7, 11) is 1.53. The maximum absolute atomic E-state index is 12.7. The van der Waals surface area contributed by atoms with E-state index in [0.29, 0.717) is 17.7 Å².